The van der Waals surface area contributed by atoms with Crippen molar-refractivity contribution in [1.82, 2.24) is 20.2 Å². The molecule has 2 aromatic heterocycles. The van der Waals surface area contributed by atoms with Crippen LogP contribution in [0.4, 0.5) is 0 Å². The molecule has 6 heteroatoms. The Hall–Kier alpha value is -2.73. The molecule has 0 spiro atoms. The fourth-order valence-corrected chi connectivity index (χ4v) is 2.18. The number of nitrogens with one attached hydrogen (secondary N) is 1. The van der Waals surface area contributed by atoms with Gasteiger partial charge in [0.05, 0.1) is 0 Å². The topological polar surface area (TPSA) is 71.3 Å². The highest BCUT2D eigenvalue weighted by Gasteiger charge is 2.11. The lowest BCUT2D eigenvalue weighted by Gasteiger charge is -2.10. The first-order chi connectivity index (χ1) is 11.1. The van der Waals surface area contributed by atoms with Crippen molar-refractivity contribution in [1.29, 1.82) is 0 Å². The van der Waals surface area contributed by atoms with Crippen LogP contribution in [-0.2, 0) is 0 Å². The highest BCUT2D eigenvalue weighted by Crippen LogP contribution is 2.23. The normalized spacial score (nSPS) is 11.1. The van der Waals surface area contributed by atoms with Crippen LogP contribution in [0.3, 0.4) is 0 Å². The van der Waals surface area contributed by atoms with Crippen LogP contribution in [0.2, 0.25) is 0 Å². The third-order valence-corrected chi connectivity index (χ3v) is 3.38. The first-order valence-electron chi connectivity index (χ1n) is 7.38. The van der Waals surface area contributed by atoms with Crippen molar-refractivity contribution in [2.75, 3.05) is 27.2 Å². The van der Waals surface area contributed by atoms with Gasteiger partial charge in [-0.25, -0.2) is 4.98 Å². The summed E-state index contributed by atoms with van der Waals surface area (Å²) in [5.41, 5.74) is 2.52. The number of pyridine rings is 1. The molecule has 3 aromatic rings. The standard InChI is InChI=1S/C17H18N4O2/c1-21(2)10-9-19-16(22)12-5-3-6-13(11-12)17-20-15-14(23-17)7-4-8-18-15/h3-8,11H,9-10H2,1-2H3,(H,19,22). The van der Waals surface area contributed by atoms with Crippen molar-refractivity contribution < 1.29 is 9.21 Å². The van der Waals surface area contributed by atoms with Crippen molar-refractivity contribution in [3.05, 3.63) is 48.2 Å². The number of benzene rings is 1. The second-order valence-corrected chi connectivity index (χ2v) is 5.48. The Kier molecular flexibility index (Phi) is 4.34. The molecular weight excluding hydrogens is 292 g/mol. The molecule has 0 saturated heterocycles. The van der Waals surface area contributed by atoms with Gasteiger partial charge in [0, 0.05) is 30.4 Å². The Morgan fingerprint density at radius 1 is 1.26 bits per heavy atom. The molecular formula is C17H18N4O2. The number of rotatable bonds is 5. The number of hydrogen-bond acceptors (Lipinski definition) is 5. The van der Waals surface area contributed by atoms with Gasteiger partial charge in [0.1, 0.15) is 0 Å². The molecule has 0 aliphatic rings. The molecule has 0 atom stereocenters. The Labute approximate surface area is 134 Å². The van der Waals surface area contributed by atoms with Crippen LogP contribution in [-0.4, -0.2) is 48.0 Å². The number of fused-ring (bicyclic) bond motifs is 1. The fourth-order valence-electron chi connectivity index (χ4n) is 2.18. The smallest absolute Gasteiger partial charge is 0.251 e. The number of amides is 1. The molecule has 118 valence electrons. The van der Waals surface area contributed by atoms with E-state index in [1.54, 1.807) is 24.4 Å². The van der Waals surface area contributed by atoms with E-state index in [9.17, 15) is 4.79 Å². The van der Waals surface area contributed by atoms with E-state index in [1.807, 2.05) is 37.2 Å². The number of aromatic nitrogens is 2. The zero-order valence-electron chi connectivity index (χ0n) is 13.1. The molecule has 0 aliphatic carbocycles. The molecule has 1 N–H and O–H groups in total. The summed E-state index contributed by atoms with van der Waals surface area (Å²) < 4.78 is 5.69. The average Bonchev–Trinajstić information content (AvgIpc) is 2.98. The third kappa shape index (κ3) is 3.54. The van der Waals surface area contributed by atoms with Crippen molar-refractivity contribution in [3.8, 4) is 11.5 Å². The quantitative estimate of drug-likeness (QED) is 0.782. The summed E-state index contributed by atoms with van der Waals surface area (Å²) in [6, 6.07) is 10.8. The van der Waals surface area contributed by atoms with Crippen molar-refractivity contribution in [3.63, 3.8) is 0 Å². The van der Waals surface area contributed by atoms with Gasteiger partial charge in [-0.05, 0) is 44.4 Å². The minimum Gasteiger partial charge on any atom is -0.434 e. The molecule has 1 aromatic carbocycles. The Balaban J connectivity index is 1.80. The second kappa shape index (κ2) is 6.58. The first-order valence-corrected chi connectivity index (χ1v) is 7.38. The van der Waals surface area contributed by atoms with Crippen LogP contribution in [0.15, 0.2) is 47.0 Å². The summed E-state index contributed by atoms with van der Waals surface area (Å²) in [7, 11) is 3.93. The molecule has 0 unspecified atom stereocenters. The highest BCUT2D eigenvalue weighted by molar-refractivity contribution is 5.95. The summed E-state index contributed by atoms with van der Waals surface area (Å²) in [6.45, 7) is 1.39. The molecule has 1 amide bonds. The number of hydrogen-bond donors (Lipinski definition) is 1. The van der Waals surface area contributed by atoms with E-state index < -0.39 is 0 Å². The van der Waals surface area contributed by atoms with Crippen molar-refractivity contribution in [2.24, 2.45) is 0 Å². The number of nitrogens with zero attached hydrogens (tertiary/aromatic N) is 3. The first kappa shape index (κ1) is 15.2. The fraction of sp³-hybridized carbons (Fsp3) is 0.235. The van der Waals surface area contributed by atoms with E-state index in [0.717, 1.165) is 12.1 Å². The van der Waals surface area contributed by atoms with E-state index >= 15 is 0 Å². The number of likely N-dealkylation sites (N-methyl/N-ethyl adjacent to an activating group) is 1. The maximum absolute atomic E-state index is 12.2. The number of carbonyl (C=O) groups excluding carboxylic acids is 1. The van der Waals surface area contributed by atoms with Crippen LogP contribution in [0, 0.1) is 0 Å². The van der Waals surface area contributed by atoms with Crippen LogP contribution >= 0.6 is 0 Å². The number of carbonyl (C=O) groups is 1. The predicted octanol–water partition coefficient (Wildman–Crippen LogP) is 2.18. The van der Waals surface area contributed by atoms with E-state index in [0.29, 0.717) is 29.2 Å². The Morgan fingerprint density at radius 3 is 2.91 bits per heavy atom. The summed E-state index contributed by atoms with van der Waals surface area (Å²) >= 11 is 0. The molecule has 2 heterocycles. The van der Waals surface area contributed by atoms with Gasteiger partial charge in [-0.15, -0.1) is 0 Å². The van der Waals surface area contributed by atoms with E-state index in [-0.39, 0.29) is 5.91 Å². The Bertz CT molecular complexity index is 793. The van der Waals surface area contributed by atoms with E-state index in [1.165, 1.54) is 0 Å². The van der Waals surface area contributed by atoms with Crippen LogP contribution in [0.1, 0.15) is 10.4 Å². The van der Waals surface area contributed by atoms with Crippen molar-refractivity contribution in [2.45, 2.75) is 0 Å². The highest BCUT2D eigenvalue weighted by atomic mass is 16.3. The van der Waals surface area contributed by atoms with Crippen LogP contribution in [0.5, 0.6) is 0 Å². The molecule has 6 nitrogen and oxygen atoms in total. The van der Waals surface area contributed by atoms with Gasteiger partial charge in [-0.3, -0.25) is 4.79 Å². The lowest BCUT2D eigenvalue weighted by atomic mass is 10.1. The maximum atomic E-state index is 12.2. The summed E-state index contributed by atoms with van der Waals surface area (Å²) in [4.78, 5) is 22.7. The molecule has 0 aliphatic heterocycles. The largest absolute Gasteiger partial charge is 0.434 e. The molecule has 3 rings (SSSR count). The Morgan fingerprint density at radius 2 is 2.13 bits per heavy atom. The third-order valence-electron chi connectivity index (χ3n) is 3.38. The van der Waals surface area contributed by atoms with Gasteiger partial charge in [0.25, 0.3) is 5.91 Å². The van der Waals surface area contributed by atoms with E-state index in [2.05, 4.69) is 15.3 Å². The van der Waals surface area contributed by atoms with Gasteiger partial charge < -0.3 is 14.6 Å². The van der Waals surface area contributed by atoms with Crippen LogP contribution in [0.25, 0.3) is 22.7 Å². The average molecular weight is 310 g/mol. The monoisotopic (exact) mass is 310 g/mol. The molecule has 0 saturated carbocycles. The van der Waals surface area contributed by atoms with Gasteiger partial charge >= 0.3 is 0 Å². The minimum absolute atomic E-state index is 0.108. The molecule has 0 bridgehead atoms. The SMILES string of the molecule is CN(C)CCNC(=O)c1cccc(-c2nc3ncccc3o2)c1. The molecule has 23 heavy (non-hydrogen) atoms. The van der Waals surface area contributed by atoms with Crippen molar-refractivity contribution >= 4 is 17.1 Å². The van der Waals surface area contributed by atoms with Gasteiger partial charge in [-0.1, -0.05) is 6.07 Å². The second-order valence-electron chi connectivity index (χ2n) is 5.48. The lowest BCUT2D eigenvalue weighted by Crippen LogP contribution is -2.31. The zero-order chi connectivity index (χ0) is 16.2. The minimum atomic E-state index is -0.108. The van der Waals surface area contributed by atoms with E-state index in [4.69, 9.17) is 4.42 Å². The van der Waals surface area contributed by atoms with Crippen LogP contribution < -0.4 is 5.32 Å². The summed E-state index contributed by atoms with van der Waals surface area (Å²) in [5, 5.41) is 2.89. The molecule has 0 radical (unpaired) electrons. The molecule has 0 fully saturated rings. The van der Waals surface area contributed by atoms with Gasteiger partial charge in [0.2, 0.25) is 5.89 Å². The van der Waals surface area contributed by atoms with Gasteiger partial charge in [-0.2, -0.15) is 4.98 Å². The van der Waals surface area contributed by atoms with Gasteiger partial charge in [0.15, 0.2) is 11.2 Å². The number of oxazole rings is 1. The summed E-state index contributed by atoms with van der Waals surface area (Å²) in [6.07, 6.45) is 1.67. The lowest BCUT2D eigenvalue weighted by molar-refractivity contribution is 0.0951. The zero-order valence-corrected chi connectivity index (χ0v) is 13.1. The predicted molar refractivity (Wildman–Crippen MR) is 88.1 cm³/mol. The summed E-state index contributed by atoms with van der Waals surface area (Å²) in [5.74, 6) is 0.351. The maximum Gasteiger partial charge on any atom is 0.251 e.